The molecule has 1 aromatic rings. The molecule has 130 valence electrons. The zero-order chi connectivity index (χ0) is 17.1. The van der Waals surface area contributed by atoms with Crippen molar-refractivity contribution < 1.29 is 9.59 Å². The zero-order valence-electron chi connectivity index (χ0n) is 14.4. The first kappa shape index (κ1) is 16.8. The molecule has 7 nitrogen and oxygen atoms in total. The van der Waals surface area contributed by atoms with E-state index in [9.17, 15) is 9.59 Å². The number of aromatic nitrogens is 2. The molecule has 7 heteroatoms. The van der Waals surface area contributed by atoms with Crippen LogP contribution in [0.1, 0.15) is 37.2 Å². The lowest BCUT2D eigenvalue weighted by Crippen LogP contribution is -2.59. The Morgan fingerprint density at radius 2 is 1.96 bits per heavy atom. The van der Waals surface area contributed by atoms with Crippen LogP contribution in [0, 0.1) is 6.92 Å². The Morgan fingerprint density at radius 1 is 1.21 bits per heavy atom. The molecule has 3 rings (SSSR count). The van der Waals surface area contributed by atoms with Crippen molar-refractivity contribution in [1.82, 2.24) is 25.1 Å². The van der Waals surface area contributed by atoms with Gasteiger partial charge in [0.15, 0.2) is 0 Å². The Balaban J connectivity index is 1.56. The number of likely N-dealkylation sites (tertiary alicyclic amines) is 1. The normalized spacial score (nSPS) is 22.5. The van der Waals surface area contributed by atoms with Crippen molar-refractivity contribution in [2.45, 2.75) is 38.6 Å². The van der Waals surface area contributed by atoms with E-state index >= 15 is 0 Å². The second-order valence-electron chi connectivity index (χ2n) is 6.63. The highest BCUT2D eigenvalue weighted by Gasteiger charge is 2.32. The molecular formula is C17H25N5O2. The molecule has 24 heavy (non-hydrogen) atoms. The summed E-state index contributed by atoms with van der Waals surface area (Å²) in [4.78, 5) is 36.8. The first-order valence-electron chi connectivity index (χ1n) is 8.62. The highest BCUT2D eigenvalue weighted by molar-refractivity contribution is 5.83. The Hall–Kier alpha value is -2.02. The van der Waals surface area contributed by atoms with Crippen LogP contribution in [0.5, 0.6) is 0 Å². The number of amides is 2. The van der Waals surface area contributed by atoms with Gasteiger partial charge < -0.3 is 15.1 Å². The fourth-order valence-corrected chi connectivity index (χ4v) is 3.44. The molecular weight excluding hydrogens is 306 g/mol. The summed E-state index contributed by atoms with van der Waals surface area (Å²) in [5.74, 6) is 1.34. The summed E-state index contributed by atoms with van der Waals surface area (Å²) in [6, 6.07) is 1.62. The summed E-state index contributed by atoms with van der Waals surface area (Å²) in [5.41, 5.74) is 0.981. The van der Waals surface area contributed by atoms with Crippen molar-refractivity contribution in [3.8, 4) is 0 Å². The topological polar surface area (TPSA) is 78.4 Å². The lowest BCUT2D eigenvalue weighted by Gasteiger charge is -2.37. The van der Waals surface area contributed by atoms with Crippen molar-refractivity contribution in [1.29, 1.82) is 0 Å². The summed E-state index contributed by atoms with van der Waals surface area (Å²) in [6.45, 7) is 6.78. The van der Waals surface area contributed by atoms with E-state index in [2.05, 4.69) is 15.3 Å². The Bertz CT molecular complexity index is 613. The van der Waals surface area contributed by atoms with Crippen LogP contribution in [0.25, 0.3) is 0 Å². The van der Waals surface area contributed by atoms with Crippen LogP contribution < -0.4 is 5.32 Å². The first-order chi connectivity index (χ1) is 11.5. The monoisotopic (exact) mass is 331 g/mol. The van der Waals surface area contributed by atoms with Crippen LogP contribution in [0.2, 0.25) is 0 Å². The molecule has 3 heterocycles. The lowest BCUT2D eigenvalue weighted by atomic mass is 9.95. The summed E-state index contributed by atoms with van der Waals surface area (Å²) in [5, 5.41) is 3.24. The van der Waals surface area contributed by atoms with Crippen molar-refractivity contribution >= 4 is 11.8 Å². The van der Waals surface area contributed by atoms with Gasteiger partial charge in [0.2, 0.25) is 11.8 Å². The second-order valence-corrected chi connectivity index (χ2v) is 6.63. The Kier molecular flexibility index (Phi) is 5.08. The molecule has 2 fully saturated rings. The average molecular weight is 331 g/mol. The summed E-state index contributed by atoms with van der Waals surface area (Å²) in [6.07, 6.45) is 3.58. The maximum absolute atomic E-state index is 12.7. The van der Waals surface area contributed by atoms with Gasteiger partial charge in [0.25, 0.3) is 0 Å². The van der Waals surface area contributed by atoms with E-state index in [1.54, 1.807) is 18.0 Å². The maximum Gasteiger partial charge on any atom is 0.241 e. The molecule has 0 bridgehead atoms. The number of aryl methyl sites for hydroxylation is 1. The predicted molar refractivity (Wildman–Crippen MR) is 89.4 cm³/mol. The number of carbonyl (C=O) groups excluding carboxylic acids is 2. The number of rotatable bonds is 2. The lowest BCUT2D eigenvalue weighted by molar-refractivity contribution is -0.138. The third-order valence-electron chi connectivity index (χ3n) is 4.90. The third-order valence-corrected chi connectivity index (χ3v) is 4.90. The molecule has 2 saturated heterocycles. The van der Waals surface area contributed by atoms with Gasteiger partial charge in [-0.15, -0.1) is 0 Å². The summed E-state index contributed by atoms with van der Waals surface area (Å²) >= 11 is 0. The zero-order valence-corrected chi connectivity index (χ0v) is 14.4. The standard InChI is InChI=1S/C17H25N5O2/c1-12-3-6-19-16(20-12)14-4-8-21(9-5-14)17(24)15-11-22(13(2)23)10-7-18-15/h3,6,14-15,18H,4-5,7-11H2,1-2H3. The van der Waals surface area contributed by atoms with E-state index in [-0.39, 0.29) is 17.9 Å². The first-order valence-corrected chi connectivity index (χ1v) is 8.62. The molecule has 1 unspecified atom stereocenters. The smallest absolute Gasteiger partial charge is 0.241 e. The maximum atomic E-state index is 12.7. The number of hydrogen-bond donors (Lipinski definition) is 1. The van der Waals surface area contributed by atoms with Gasteiger partial charge in [-0.2, -0.15) is 0 Å². The van der Waals surface area contributed by atoms with Crippen molar-refractivity contribution in [2.75, 3.05) is 32.7 Å². The summed E-state index contributed by atoms with van der Waals surface area (Å²) < 4.78 is 0. The molecule has 0 radical (unpaired) electrons. The van der Waals surface area contributed by atoms with E-state index in [1.807, 2.05) is 17.9 Å². The van der Waals surface area contributed by atoms with Crippen LogP contribution in [-0.4, -0.2) is 70.3 Å². The molecule has 2 amide bonds. The number of hydrogen-bond acceptors (Lipinski definition) is 5. The Morgan fingerprint density at radius 3 is 2.62 bits per heavy atom. The van der Waals surface area contributed by atoms with Gasteiger partial charge in [-0.3, -0.25) is 9.59 Å². The fourth-order valence-electron chi connectivity index (χ4n) is 3.44. The molecule has 0 saturated carbocycles. The van der Waals surface area contributed by atoms with Crippen LogP contribution in [-0.2, 0) is 9.59 Å². The SMILES string of the molecule is CC(=O)N1CCNC(C(=O)N2CCC(c3nccc(C)n3)CC2)C1. The van der Waals surface area contributed by atoms with Crippen LogP contribution in [0.15, 0.2) is 12.3 Å². The van der Waals surface area contributed by atoms with E-state index < -0.39 is 0 Å². The highest BCUT2D eigenvalue weighted by Crippen LogP contribution is 2.25. The van der Waals surface area contributed by atoms with E-state index in [4.69, 9.17) is 0 Å². The number of piperazine rings is 1. The molecule has 0 aliphatic carbocycles. The van der Waals surface area contributed by atoms with E-state index in [0.29, 0.717) is 25.6 Å². The molecule has 0 spiro atoms. The third kappa shape index (κ3) is 3.72. The number of nitrogens with one attached hydrogen (secondary N) is 1. The van der Waals surface area contributed by atoms with Gasteiger partial charge >= 0.3 is 0 Å². The van der Waals surface area contributed by atoms with Crippen molar-refractivity contribution in [3.05, 3.63) is 23.8 Å². The minimum Gasteiger partial charge on any atom is -0.341 e. The number of nitrogens with zero attached hydrogens (tertiary/aromatic N) is 4. The summed E-state index contributed by atoms with van der Waals surface area (Å²) in [7, 11) is 0. The molecule has 1 N–H and O–H groups in total. The molecule has 2 aliphatic heterocycles. The van der Waals surface area contributed by atoms with Gasteiger partial charge in [-0.05, 0) is 25.8 Å². The van der Waals surface area contributed by atoms with Crippen LogP contribution in [0.4, 0.5) is 0 Å². The van der Waals surface area contributed by atoms with Crippen molar-refractivity contribution in [3.63, 3.8) is 0 Å². The Labute approximate surface area is 142 Å². The van der Waals surface area contributed by atoms with Gasteiger partial charge in [0, 0.05) is 57.5 Å². The number of carbonyl (C=O) groups is 2. The highest BCUT2D eigenvalue weighted by atomic mass is 16.2. The predicted octanol–water partition coefficient (Wildman–Crippen LogP) is 0.311. The van der Waals surface area contributed by atoms with Gasteiger partial charge in [-0.1, -0.05) is 0 Å². The van der Waals surface area contributed by atoms with Gasteiger partial charge in [-0.25, -0.2) is 9.97 Å². The van der Waals surface area contributed by atoms with Gasteiger partial charge in [0.05, 0.1) is 0 Å². The van der Waals surface area contributed by atoms with Crippen LogP contribution in [0.3, 0.4) is 0 Å². The van der Waals surface area contributed by atoms with Crippen molar-refractivity contribution in [2.24, 2.45) is 0 Å². The van der Waals surface area contributed by atoms with E-state index in [0.717, 1.165) is 37.4 Å². The van der Waals surface area contributed by atoms with Gasteiger partial charge in [0.1, 0.15) is 11.9 Å². The molecule has 0 aromatic carbocycles. The quantitative estimate of drug-likeness (QED) is 0.844. The molecule has 2 aliphatic rings. The number of piperidine rings is 1. The largest absolute Gasteiger partial charge is 0.341 e. The average Bonchev–Trinajstić information content (AvgIpc) is 2.61. The molecule has 1 atom stereocenters. The van der Waals surface area contributed by atoms with E-state index in [1.165, 1.54) is 0 Å². The minimum absolute atomic E-state index is 0.0320. The minimum atomic E-state index is -0.283. The molecule has 1 aromatic heterocycles. The fraction of sp³-hybridized carbons (Fsp3) is 0.647. The second kappa shape index (κ2) is 7.25. The van der Waals surface area contributed by atoms with Crippen LogP contribution >= 0.6 is 0 Å².